The van der Waals surface area contributed by atoms with Gasteiger partial charge in [-0.2, -0.15) is 0 Å². The third kappa shape index (κ3) is 3.14. The van der Waals surface area contributed by atoms with E-state index in [1.165, 1.54) is 7.11 Å². The summed E-state index contributed by atoms with van der Waals surface area (Å²) >= 11 is 0. The number of esters is 2. The number of hydrogen-bond acceptors (Lipinski definition) is 7. The smallest absolute Gasteiger partial charge is 0.348 e. The van der Waals surface area contributed by atoms with Gasteiger partial charge in [0.25, 0.3) is 0 Å². The molecule has 7 heteroatoms. The first-order valence-electron chi connectivity index (χ1n) is 9.12. The molecule has 2 heterocycles. The summed E-state index contributed by atoms with van der Waals surface area (Å²) in [5, 5.41) is 0.602. The Morgan fingerprint density at radius 3 is 2.48 bits per heavy atom. The quantitative estimate of drug-likeness (QED) is 0.496. The molecule has 0 bridgehead atoms. The highest BCUT2D eigenvalue weighted by molar-refractivity contribution is 5.90. The van der Waals surface area contributed by atoms with Gasteiger partial charge in [-0.25, -0.2) is 14.4 Å². The maximum atomic E-state index is 12.8. The minimum atomic E-state index is -1.04. The summed E-state index contributed by atoms with van der Waals surface area (Å²) < 4.78 is 21.3. The molecule has 0 saturated heterocycles. The van der Waals surface area contributed by atoms with Crippen molar-refractivity contribution in [2.75, 3.05) is 13.7 Å². The molecule has 1 aliphatic rings. The van der Waals surface area contributed by atoms with Gasteiger partial charge in [-0.1, -0.05) is 24.3 Å². The Hall–Kier alpha value is -3.61. The number of hydrogen-bond donors (Lipinski definition) is 0. The second-order valence-electron chi connectivity index (χ2n) is 6.51. The maximum absolute atomic E-state index is 12.8. The molecule has 0 N–H and O–H groups in total. The van der Waals surface area contributed by atoms with E-state index in [9.17, 15) is 14.4 Å². The first kappa shape index (κ1) is 18.7. The van der Waals surface area contributed by atoms with E-state index in [0.29, 0.717) is 27.8 Å². The van der Waals surface area contributed by atoms with Crippen LogP contribution < -0.4 is 10.4 Å². The second-order valence-corrected chi connectivity index (χ2v) is 6.51. The molecule has 0 unspecified atom stereocenters. The van der Waals surface area contributed by atoms with Crippen molar-refractivity contribution in [3.05, 3.63) is 75.6 Å². The topological polar surface area (TPSA) is 92.0 Å². The third-order valence-corrected chi connectivity index (χ3v) is 4.87. The van der Waals surface area contributed by atoms with Gasteiger partial charge in [-0.15, -0.1) is 0 Å². The number of benzene rings is 2. The van der Waals surface area contributed by atoms with E-state index in [2.05, 4.69) is 0 Å². The number of carbonyl (C=O) groups excluding carboxylic acids is 2. The van der Waals surface area contributed by atoms with E-state index in [4.69, 9.17) is 18.6 Å². The van der Waals surface area contributed by atoms with Crippen LogP contribution in [0.4, 0.5) is 0 Å². The zero-order chi connectivity index (χ0) is 20.5. The molecule has 1 aliphatic heterocycles. The normalized spacial score (nSPS) is 17.4. The molecule has 2 atom stereocenters. The second kappa shape index (κ2) is 7.43. The summed E-state index contributed by atoms with van der Waals surface area (Å²) in [6, 6.07) is 13.4. The zero-order valence-electron chi connectivity index (χ0n) is 15.8. The van der Waals surface area contributed by atoms with Crippen LogP contribution >= 0.6 is 0 Å². The average molecular weight is 394 g/mol. The predicted molar refractivity (Wildman–Crippen MR) is 103 cm³/mol. The van der Waals surface area contributed by atoms with Crippen molar-refractivity contribution >= 4 is 22.9 Å². The molecule has 29 heavy (non-hydrogen) atoms. The molecule has 1 aromatic heterocycles. The number of rotatable bonds is 4. The predicted octanol–water partition coefficient (Wildman–Crippen LogP) is 3.04. The lowest BCUT2D eigenvalue weighted by Crippen LogP contribution is -2.32. The molecule has 0 radical (unpaired) electrons. The number of carbonyl (C=O) groups is 2. The van der Waals surface area contributed by atoms with Crippen molar-refractivity contribution in [3.63, 3.8) is 0 Å². The van der Waals surface area contributed by atoms with Crippen LogP contribution in [0.3, 0.4) is 0 Å². The fraction of sp³-hybridized carbons (Fsp3) is 0.227. The fourth-order valence-electron chi connectivity index (χ4n) is 3.57. The molecular weight excluding hydrogens is 376 g/mol. The molecule has 2 aromatic carbocycles. The largest absolute Gasteiger partial charge is 0.476 e. The van der Waals surface area contributed by atoms with Crippen molar-refractivity contribution < 1.29 is 28.2 Å². The van der Waals surface area contributed by atoms with Gasteiger partial charge in [-0.05, 0) is 36.8 Å². The van der Waals surface area contributed by atoms with Crippen molar-refractivity contribution in [2.45, 2.75) is 18.9 Å². The van der Waals surface area contributed by atoms with Gasteiger partial charge in [0, 0.05) is 0 Å². The highest BCUT2D eigenvalue weighted by Crippen LogP contribution is 2.44. The van der Waals surface area contributed by atoms with E-state index in [0.717, 1.165) is 0 Å². The van der Waals surface area contributed by atoms with Gasteiger partial charge >= 0.3 is 17.6 Å². The zero-order valence-corrected chi connectivity index (χ0v) is 15.8. The molecule has 148 valence electrons. The molecule has 3 aromatic rings. The van der Waals surface area contributed by atoms with Crippen LogP contribution in [0, 0.1) is 0 Å². The summed E-state index contributed by atoms with van der Waals surface area (Å²) in [5.74, 6) is -1.46. The first-order valence-corrected chi connectivity index (χ1v) is 9.12. The summed E-state index contributed by atoms with van der Waals surface area (Å²) in [6.45, 7) is 1.88. The SMILES string of the molecule is CCOC(=O)[C@@H]1Oc2c(c(=O)oc3ccccc23)[C@@H]1c1ccc(C(=O)OC)cc1. The Morgan fingerprint density at radius 1 is 1.07 bits per heavy atom. The lowest BCUT2D eigenvalue weighted by Gasteiger charge is -2.17. The molecule has 0 saturated carbocycles. The van der Waals surface area contributed by atoms with Gasteiger partial charge in [0.05, 0.1) is 36.1 Å². The van der Waals surface area contributed by atoms with Gasteiger partial charge in [-0.3, -0.25) is 0 Å². The maximum Gasteiger partial charge on any atom is 0.348 e. The average Bonchev–Trinajstić information content (AvgIpc) is 3.15. The van der Waals surface area contributed by atoms with Crippen LogP contribution in [0.15, 0.2) is 57.7 Å². The Kier molecular flexibility index (Phi) is 4.80. The third-order valence-electron chi connectivity index (χ3n) is 4.87. The Balaban J connectivity index is 1.88. The van der Waals surface area contributed by atoms with Crippen molar-refractivity contribution in [1.82, 2.24) is 0 Å². The monoisotopic (exact) mass is 394 g/mol. The van der Waals surface area contributed by atoms with Crippen molar-refractivity contribution in [3.8, 4) is 5.75 Å². The molecule has 0 amide bonds. The minimum absolute atomic E-state index is 0.179. The summed E-state index contributed by atoms with van der Waals surface area (Å²) in [4.78, 5) is 37.1. The summed E-state index contributed by atoms with van der Waals surface area (Å²) in [7, 11) is 1.30. The number of para-hydroxylation sites is 1. The van der Waals surface area contributed by atoms with E-state index in [1.807, 2.05) is 0 Å². The van der Waals surface area contributed by atoms with E-state index >= 15 is 0 Å². The Bertz CT molecular complexity index is 1140. The molecular formula is C22H18O7. The minimum Gasteiger partial charge on any atom is -0.476 e. The standard InChI is InChI=1S/C22H18O7/c1-3-27-22(25)19-16(12-8-10-13(11-9-12)20(23)26-2)17-18(29-19)14-6-4-5-7-15(14)28-21(17)24/h4-11,16,19H,3H2,1-2H3/t16-,19+/m0/s1. The van der Waals surface area contributed by atoms with Gasteiger partial charge in [0.2, 0.25) is 6.10 Å². The van der Waals surface area contributed by atoms with Crippen LogP contribution in [-0.2, 0) is 14.3 Å². The lowest BCUT2D eigenvalue weighted by molar-refractivity contribution is -0.151. The number of ether oxygens (including phenoxy) is 3. The fourth-order valence-corrected chi connectivity index (χ4v) is 3.57. The van der Waals surface area contributed by atoms with Gasteiger partial charge in [0.1, 0.15) is 11.3 Å². The van der Waals surface area contributed by atoms with E-state index in [1.54, 1.807) is 55.5 Å². The molecule has 4 rings (SSSR count). The van der Waals surface area contributed by atoms with Crippen LogP contribution in [-0.4, -0.2) is 31.8 Å². The van der Waals surface area contributed by atoms with Crippen LogP contribution in [0.5, 0.6) is 5.75 Å². The summed E-state index contributed by atoms with van der Waals surface area (Å²) in [6.07, 6.45) is -1.04. The highest BCUT2D eigenvalue weighted by Gasteiger charge is 2.45. The molecule has 0 spiro atoms. The Morgan fingerprint density at radius 2 is 1.79 bits per heavy atom. The lowest BCUT2D eigenvalue weighted by atomic mass is 9.88. The van der Waals surface area contributed by atoms with Gasteiger partial charge in [0.15, 0.2) is 0 Å². The van der Waals surface area contributed by atoms with Crippen LogP contribution in [0.1, 0.15) is 34.3 Å². The number of fused-ring (bicyclic) bond motifs is 3. The van der Waals surface area contributed by atoms with Crippen molar-refractivity contribution in [2.24, 2.45) is 0 Å². The van der Waals surface area contributed by atoms with Crippen LogP contribution in [0.25, 0.3) is 11.0 Å². The summed E-state index contributed by atoms with van der Waals surface area (Å²) in [5.41, 5.74) is 1.03. The van der Waals surface area contributed by atoms with Crippen LogP contribution in [0.2, 0.25) is 0 Å². The molecule has 0 fully saturated rings. The molecule has 7 nitrogen and oxygen atoms in total. The number of methoxy groups -OCH3 is 1. The van der Waals surface area contributed by atoms with Crippen molar-refractivity contribution in [1.29, 1.82) is 0 Å². The first-order chi connectivity index (χ1) is 14.0. The van der Waals surface area contributed by atoms with E-state index in [-0.39, 0.29) is 12.2 Å². The highest BCUT2D eigenvalue weighted by atomic mass is 16.6. The van der Waals surface area contributed by atoms with Gasteiger partial charge < -0.3 is 18.6 Å². The van der Waals surface area contributed by atoms with E-state index < -0.39 is 29.6 Å². The Labute approximate surface area is 165 Å². The molecule has 0 aliphatic carbocycles.